The van der Waals surface area contributed by atoms with Gasteiger partial charge in [0.05, 0.1) is 9.26 Å². The largest absolute Gasteiger partial charge is 0.273 e. The van der Waals surface area contributed by atoms with Crippen molar-refractivity contribution in [3.05, 3.63) is 63.7 Å². The van der Waals surface area contributed by atoms with Crippen LogP contribution in [0.3, 0.4) is 0 Å². The summed E-state index contributed by atoms with van der Waals surface area (Å²) in [5.74, 6) is -0.0880. The molecule has 3 rings (SSSR count). The first-order valence-electron chi connectivity index (χ1n) is 8.25. The van der Waals surface area contributed by atoms with Crippen molar-refractivity contribution < 1.29 is 4.79 Å². The summed E-state index contributed by atoms with van der Waals surface area (Å²) in [6.07, 6.45) is 0. The molecule has 0 spiro atoms. The molecule has 0 aliphatic carbocycles. The number of carbonyl (C=O) groups is 1. The van der Waals surface area contributed by atoms with E-state index < -0.39 is 0 Å². The second kappa shape index (κ2) is 6.75. The molecule has 0 amide bonds. The lowest BCUT2D eigenvalue weighted by Gasteiger charge is -2.19. The van der Waals surface area contributed by atoms with Crippen LogP contribution in [0.5, 0.6) is 0 Å². The van der Waals surface area contributed by atoms with E-state index in [-0.39, 0.29) is 11.3 Å². The molecule has 0 atom stereocenters. The molecule has 2 aromatic carbocycles. The Kier molecular flexibility index (Phi) is 4.82. The van der Waals surface area contributed by atoms with Crippen molar-refractivity contribution in [2.75, 3.05) is 0 Å². The second-order valence-electron chi connectivity index (χ2n) is 7.14. The fraction of sp³-hybridized carbons (Fsp3) is 0.238. The van der Waals surface area contributed by atoms with Crippen molar-refractivity contribution in [2.45, 2.75) is 33.1 Å². The molecule has 0 saturated heterocycles. The molecule has 0 aliphatic heterocycles. The predicted octanol–water partition coefficient (Wildman–Crippen LogP) is 5.78. The Bertz CT molecular complexity index is 904. The SMILES string of the molecule is CC(=O)n1nc(-c2ccccc2)c(I)c1-c1ccc(C(C)(C)C)cc1. The van der Waals surface area contributed by atoms with Crippen molar-refractivity contribution in [1.82, 2.24) is 9.78 Å². The normalized spacial score (nSPS) is 11.6. The summed E-state index contributed by atoms with van der Waals surface area (Å²) in [6, 6.07) is 18.4. The van der Waals surface area contributed by atoms with Gasteiger partial charge in [-0.25, -0.2) is 0 Å². The topological polar surface area (TPSA) is 34.9 Å². The zero-order valence-corrected chi connectivity index (χ0v) is 17.0. The third-order valence-electron chi connectivity index (χ3n) is 4.20. The van der Waals surface area contributed by atoms with Crippen LogP contribution in [0.1, 0.15) is 38.1 Å². The van der Waals surface area contributed by atoms with Gasteiger partial charge >= 0.3 is 0 Å². The maximum Gasteiger partial charge on any atom is 0.244 e. The lowest BCUT2D eigenvalue weighted by Crippen LogP contribution is -2.11. The van der Waals surface area contributed by atoms with Gasteiger partial charge in [-0.3, -0.25) is 4.79 Å². The fourth-order valence-corrected chi connectivity index (χ4v) is 3.74. The minimum atomic E-state index is -0.0880. The summed E-state index contributed by atoms with van der Waals surface area (Å²) >= 11 is 2.29. The zero-order chi connectivity index (χ0) is 18.2. The average molecular weight is 444 g/mol. The average Bonchev–Trinajstić information content (AvgIpc) is 2.92. The third kappa shape index (κ3) is 3.54. The quantitative estimate of drug-likeness (QED) is 0.470. The van der Waals surface area contributed by atoms with Gasteiger partial charge in [0.25, 0.3) is 0 Å². The van der Waals surface area contributed by atoms with Gasteiger partial charge in [-0.2, -0.15) is 9.78 Å². The van der Waals surface area contributed by atoms with Crippen LogP contribution < -0.4 is 0 Å². The van der Waals surface area contributed by atoms with E-state index in [1.54, 1.807) is 6.92 Å². The molecular formula is C21H21IN2O. The number of hydrogen-bond acceptors (Lipinski definition) is 2. The number of rotatable bonds is 2. The Morgan fingerprint density at radius 2 is 1.56 bits per heavy atom. The minimum absolute atomic E-state index is 0.0880. The molecule has 1 aromatic heterocycles. The molecular weight excluding hydrogens is 423 g/mol. The van der Waals surface area contributed by atoms with E-state index in [1.165, 1.54) is 10.2 Å². The number of hydrogen-bond donors (Lipinski definition) is 0. The van der Waals surface area contributed by atoms with Gasteiger partial charge in [-0.1, -0.05) is 75.4 Å². The van der Waals surface area contributed by atoms with E-state index in [0.29, 0.717) is 0 Å². The van der Waals surface area contributed by atoms with Gasteiger partial charge in [0.15, 0.2) is 0 Å². The first-order valence-corrected chi connectivity index (χ1v) is 9.32. The van der Waals surface area contributed by atoms with Crippen LogP contribution in [0, 0.1) is 3.57 Å². The molecule has 0 aliphatic rings. The molecule has 0 saturated carbocycles. The smallest absolute Gasteiger partial charge is 0.244 e. The summed E-state index contributed by atoms with van der Waals surface area (Å²) in [7, 11) is 0. The fourth-order valence-electron chi connectivity index (χ4n) is 2.78. The number of nitrogens with zero attached hydrogens (tertiary/aromatic N) is 2. The lowest BCUT2D eigenvalue weighted by atomic mass is 9.86. The summed E-state index contributed by atoms with van der Waals surface area (Å²) in [4.78, 5) is 12.2. The van der Waals surface area contributed by atoms with E-state index in [1.807, 2.05) is 30.3 Å². The highest BCUT2D eigenvalue weighted by molar-refractivity contribution is 14.1. The van der Waals surface area contributed by atoms with Gasteiger partial charge in [-0.15, -0.1) is 0 Å². The van der Waals surface area contributed by atoms with E-state index >= 15 is 0 Å². The van der Waals surface area contributed by atoms with Crippen LogP contribution in [-0.4, -0.2) is 15.7 Å². The zero-order valence-electron chi connectivity index (χ0n) is 14.9. The van der Waals surface area contributed by atoms with Crippen LogP contribution in [0.15, 0.2) is 54.6 Å². The number of aromatic nitrogens is 2. The molecule has 4 heteroatoms. The highest BCUT2D eigenvalue weighted by Gasteiger charge is 2.21. The summed E-state index contributed by atoms with van der Waals surface area (Å²) in [5.41, 5.74) is 5.07. The van der Waals surface area contributed by atoms with Crippen molar-refractivity contribution in [3.8, 4) is 22.5 Å². The van der Waals surface area contributed by atoms with Crippen molar-refractivity contribution in [2.24, 2.45) is 0 Å². The number of halogens is 1. The van der Waals surface area contributed by atoms with Crippen LogP contribution in [-0.2, 0) is 5.41 Å². The summed E-state index contributed by atoms with van der Waals surface area (Å²) in [6.45, 7) is 8.13. The van der Waals surface area contributed by atoms with Crippen molar-refractivity contribution in [3.63, 3.8) is 0 Å². The van der Waals surface area contributed by atoms with Gasteiger partial charge < -0.3 is 0 Å². The van der Waals surface area contributed by atoms with Crippen LogP contribution >= 0.6 is 22.6 Å². The molecule has 0 fully saturated rings. The minimum Gasteiger partial charge on any atom is -0.273 e. The molecule has 0 bridgehead atoms. The first-order chi connectivity index (χ1) is 11.8. The molecule has 1 heterocycles. The van der Waals surface area contributed by atoms with Crippen LogP contribution in [0.25, 0.3) is 22.5 Å². The molecule has 0 radical (unpaired) electrons. The lowest BCUT2D eigenvalue weighted by molar-refractivity contribution is 0.0923. The van der Waals surface area contributed by atoms with Crippen LogP contribution in [0.2, 0.25) is 0 Å². The van der Waals surface area contributed by atoms with Gasteiger partial charge in [0.2, 0.25) is 5.91 Å². The maximum absolute atomic E-state index is 12.2. The van der Waals surface area contributed by atoms with Crippen molar-refractivity contribution >= 4 is 28.5 Å². The van der Waals surface area contributed by atoms with Crippen LogP contribution in [0.4, 0.5) is 0 Å². The van der Waals surface area contributed by atoms with E-state index in [4.69, 9.17) is 0 Å². The Morgan fingerprint density at radius 1 is 0.960 bits per heavy atom. The molecule has 3 aromatic rings. The molecule has 25 heavy (non-hydrogen) atoms. The second-order valence-corrected chi connectivity index (χ2v) is 8.21. The van der Waals surface area contributed by atoms with E-state index in [2.05, 4.69) is 72.7 Å². The predicted molar refractivity (Wildman–Crippen MR) is 111 cm³/mol. The third-order valence-corrected chi connectivity index (χ3v) is 5.22. The maximum atomic E-state index is 12.2. The van der Waals surface area contributed by atoms with Crippen molar-refractivity contribution in [1.29, 1.82) is 0 Å². The Morgan fingerprint density at radius 3 is 2.08 bits per heavy atom. The monoisotopic (exact) mass is 444 g/mol. The highest BCUT2D eigenvalue weighted by Crippen LogP contribution is 2.34. The van der Waals surface area contributed by atoms with Gasteiger partial charge in [0, 0.05) is 18.1 Å². The molecule has 128 valence electrons. The summed E-state index contributed by atoms with van der Waals surface area (Å²) < 4.78 is 2.50. The van der Waals surface area contributed by atoms with E-state index in [9.17, 15) is 4.79 Å². The van der Waals surface area contributed by atoms with Gasteiger partial charge in [-0.05, 0) is 33.6 Å². The Balaban J connectivity index is 2.15. The van der Waals surface area contributed by atoms with E-state index in [0.717, 1.165) is 26.1 Å². The standard InChI is InChI=1S/C21H21IN2O/c1-14(25)24-20(16-10-12-17(13-11-16)21(2,3)4)18(22)19(23-24)15-8-6-5-7-9-15/h5-13H,1-4H3. The number of benzene rings is 2. The number of carbonyl (C=O) groups excluding carboxylic acids is 1. The molecule has 3 nitrogen and oxygen atoms in total. The summed E-state index contributed by atoms with van der Waals surface area (Å²) in [5, 5.41) is 4.59. The Hall–Kier alpha value is -1.95. The van der Waals surface area contributed by atoms with Gasteiger partial charge in [0.1, 0.15) is 5.69 Å². The Labute approximate surface area is 162 Å². The highest BCUT2D eigenvalue weighted by atomic mass is 127. The molecule has 0 unspecified atom stereocenters. The first kappa shape index (κ1) is 17.9. The molecule has 0 N–H and O–H groups in total.